The predicted octanol–water partition coefficient (Wildman–Crippen LogP) is 3.01. The highest BCUT2D eigenvalue weighted by atomic mass is 32.1. The van der Waals surface area contributed by atoms with Crippen LogP contribution < -0.4 is 5.32 Å². The molecule has 2 heterocycles. The Morgan fingerprint density at radius 3 is 2.58 bits per heavy atom. The summed E-state index contributed by atoms with van der Waals surface area (Å²) in [5, 5.41) is 6.94. The third-order valence-electron chi connectivity index (χ3n) is 3.89. The molecule has 2 rings (SSSR count). The normalized spacial score (nSPS) is 18.2. The molecule has 4 heteroatoms. The summed E-state index contributed by atoms with van der Waals surface area (Å²) in [6.07, 6.45) is 2.54. The van der Waals surface area contributed by atoms with Crippen LogP contribution in [-0.2, 0) is 12.0 Å². The van der Waals surface area contributed by atoms with E-state index in [4.69, 9.17) is 4.98 Å². The maximum absolute atomic E-state index is 4.83. The van der Waals surface area contributed by atoms with Crippen LogP contribution in [0.1, 0.15) is 51.2 Å². The third-order valence-corrected chi connectivity index (χ3v) is 4.72. The van der Waals surface area contributed by atoms with Gasteiger partial charge in [0.15, 0.2) is 0 Å². The Bertz CT molecular complexity index is 388. The Hall–Kier alpha value is -0.450. The molecule has 108 valence electrons. The van der Waals surface area contributed by atoms with Crippen molar-refractivity contribution in [2.75, 3.05) is 19.6 Å². The molecule has 0 atom stereocenters. The van der Waals surface area contributed by atoms with Gasteiger partial charge in [-0.25, -0.2) is 4.98 Å². The van der Waals surface area contributed by atoms with E-state index >= 15 is 0 Å². The lowest BCUT2D eigenvalue weighted by Gasteiger charge is -2.33. The van der Waals surface area contributed by atoms with Gasteiger partial charge in [-0.3, -0.25) is 4.90 Å². The number of piperidine rings is 1. The van der Waals surface area contributed by atoms with Crippen LogP contribution in [0.2, 0.25) is 0 Å². The lowest BCUT2D eigenvalue weighted by atomic mass is 9.93. The quantitative estimate of drug-likeness (QED) is 0.919. The molecule has 1 aliphatic rings. The number of thiazole rings is 1. The van der Waals surface area contributed by atoms with Crippen molar-refractivity contribution in [1.29, 1.82) is 0 Å². The van der Waals surface area contributed by atoms with E-state index in [1.54, 1.807) is 0 Å². The van der Waals surface area contributed by atoms with Gasteiger partial charge in [0.25, 0.3) is 0 Å². The largest absolute Gasteiger partial charge is 0.317 e. The van der Waals surface area contributed by atoms with E-state index in [0.29, 0.717) is 0 Å². The second kappa shape index (κ2) is 6.33. The molecule has 0 unspecified atom stereocenters. The molecule has 1 aromatic heterocycles. The molecule has 0 spiro atoms. The molecule has 1 N–H and O–H groups in total. The number of nitrogens with zero attached hydrogens (tertiary/aromatic N) is 2. The second-order valence-corrected chi connectivity index (χ2v) is 7.36. The van der Waals surface area contributed by atoms with E-state index in [1.165, 1.54) is 23.5 Å². The van der Waals surface area contributed by atoms with E-state index in [0.717, 1.165) is 32.2 Å². The Balaban J connectivity index is 1.99. The minimum atomic E-state index is 0.167. The Labute approximate surface area is 121 Å². The summed E-state index contributed by atoms with van der Waals surface area (Å²) in [6.45, 7) is 13.4. The smallest absolute Gasteiger partial charge is 0.107 e. The molecule has 0 aromatic carbocycles. The van der Waals surface area contributed by atoms with Crippen LogP contribution in [0.5, 0.6) is 0 Å². The fourth-order valence-electron chi connectivity index (χ4n) is 2.57. The van der Waals surface area contributed by atoms with Gasteiger partial charge in [-0.2, -0.15) is 0 Å². The first-order valence-corrected chi connectivity index (χ1v) is 8.28. The topological polar surface area (TPSA) is 28.2 Å². The van der Waals surface area contributed by atoms with E-state index in [-0.39, 0.29) is 5.41 Å². The summed E-state index contributed by atoms with van der Waals surface area (Å²) in [7, 11) is 0. The predicted molar refractivity (Wildman–Crippen MR) is 82.8 cm³/mol. The number of rotatable bonds is 4. The number of nitrogens with one attached hydrogen (secondary N) is 1. The second-order valence-electron chi connectivity index (χ2n) is 6.42. The van der Waals surface area contributed by atoms with Crippen molar-refractivity contribution < 1.29 is 0 Å². The first-order chi connectivity index (χ1) is 9.00. The van der Waals surface area contributed by atoms with Gasteiger partial charge in [0.05, 0.1) is 12.2 Å². The van der Waals surface area contributed by atoms with Crippen LogP contribution in [0, 0.1) is 0 Å². The van der Waals surface area contributed by atoms with Gasteiger partial charge in [0, 0.05) is 16.8 Å². The third kappa shape index (κ3) is 4.01. The summed E-state index contributed by atoms with van der Waals surface area (Å²) in [5.74, 6) is 0. The fourth-order valence-corrected chi connectivity index (χ4v) is 3.62. The maximum Gasteiger partial charge on any atom is 0.107 e. The van der Waals surface area contributed by atoms with Crippen molar-refractivity contribution in [1.82, 2.24) is 15.2 Å². The summed E-state index contributed by atoms with van der Waals surface area (Å²) in [5.41, 5.74) is 1.40. The van der Waals surface area contributed by atoms with Crippen molar-refractivity contribution in [3.05, 3.63) is 16.1 Å². The van der Waals surface area contributed by atoms with E-state index in [9.17, 15) is 0 Å². The molecule has 0 aliphatic carbocycles. The summed E-state index contributed by atoms with van der Waals surface area (Å²) in [6, 6.07) is 0.730. The van der Waals surface area contributed by atoms with Crippen molar-refractivity contribution in [2.24, 2.45) is 0 Å². The van der Waals surface area contributed by atoms with Crippen LogP contribution in [-0.4, -0.2) is 35.6 Å². The van der Waals surface area contributed by atoms with Crippen LogP contribution in [0.3, 0.4) is 0 Å². The van der Waals surface area contributed by atoms with Crippen molar-refractivity contribution >= 4 is 11.3 Å². The zero-order valence-electron chi connectivity index (χ0n) is 12.7. The first kappa shape index (κ1) is 14.9. The minimum Gasteiger partial charge on any atom is -0.317 e. The fraction of sp³-hybridized carbons (Fsp3) is 0.800. The minimum absolute atomic E-state index is 0.167. The van der Waals surface area contributed by atoms with Gasteiger partial charge < -0.3 is 5.32 Å². The Kier molecular flexibility index (Phi) is 4.98. The van der Waals surface area contributed by atoms with Crippen LogP contribution in [0.15, 0.2) is 5.38 Å². The van der Waals surface area contributed by atoms with Gasteiger partial charge in [-0.05, 0) is 32.5 Å². The van der Waals surface area contributed by atoms with Crippen LogP contribution >= 0.6 is 11.3 Å². The lowest BCUT2D eigenvalue weighted by Crippen LogP contribution is -2.42. The molecule has 0 radical (unpaired) electrons. The summed E-state index contributed by atoms with van der Waals surface area (Å²) >= 11 is 1.82. The standard InChI is InChI=1S/C15H27N3S/c1-5-18(12-6-8-16-9-7-12)10-14-17-13(11-19-14)15(2,3)4/h11-12,16H,5-10H2,1-4H3. The molecule has 19 heavy (non-hydrogen) atoms. The number of hydrogen-bond donors (Lipinski definition) is 1. The SMILES string of the molecule is CCN(Cc1nc(C(C)(C)C)cs1)C1CCNCC1. The molecule has 1 aromatic rings. The van der Waals surface area contributed by atoms with E-state index < -0.39 is 0 Å². The van der Waals surface area contributed by atoms with Gasteiger partial charge in [-0.1, -0.05) is 27.7 Å². The highest BCUT2D eigenvalue weighted by molar-refractivity contribution is 7.09. The Morgan fingerprint density at radius 2 is 2.05 bits per heavy atom. The lowest BCUT2D eigenvalue weighted by molar-refractivity contribution is 0.162. The molecule has 1 fully saturated rings. The molecule has 3 nitrogen and oxygen atoms in total. The summed E-state index contributed by atoms with van der Waals surface area (Å²) < 4.78 is 0. The van der Waals surface area contributed by atoms with Gasteiger partial charge in [0.1, 0.15) is 5.01 Å². The van der Waals surface area contributed by atoms with Gasteiger partial charge >= 0.3 is 0 Å². The summed E-state index contributed by atoms with van der Waals surface area (Å²) in [4.78, 5) is 7.41. The molecule has 1 aliphatic heterocycles. The molecule has 1 saturated heterocycles. The highest BCUT2D eigenvalue weighted by Gasteiger charge is 2.22. The molecule has 0 bridgehead atoms. The average molecular weight is 281 g/mol. The van der Waals surface area contributed by atoms with Crippen molar-refractivity contribution in [3.63, 3.8) is 0 Å². The zero-order chi connectivity index (χ0) is 13.9. The first-order valence-electron chi connectivity index (χ1n) is 7.40. The number of hydrogen-bond acceptors (Lipinski definition) is 4. The molecular formula is C15H27N3S. The number of aromatic nitrogens is 1. The Morgan fingerprint density at radius 1 is 1.37 bits per heavy atom. The van der Waals surface area contributed by atoms with Gasteiger partial charge in [-0.15, -0.1) is 11.3 Å². The molecular weight excluding hydrogens is 254 g/mol. The monoisotopic (exact) mass is 281 g/mol. The van der Waals surface area contributed by atoms with Crippen molar-refractivity contribution in [3.8, 4) is 0 Å². The van der Waals surface area contributed by atoms with Gasteiger partial charge in [0.2, 0.25) is 0 Å². The average Bonchev–Trinajstić information content (AvgIpc) is 2.85. The highest BCUT2D eigenvalue weighted by Crippen LogP contribution is 2.25. The zero-order valence-corrected chi connectivity index (χ0v) is 13.5. The maximum atomic E-state index is 4.83. The molecule has 0 saturated carbocycles. The van der Waals surface area contributed by atoms with Crippen molar-refractivity contribution in [2.45, 2.75) is 58.5 Å². The van der Waals surface area contributed by atoms with Crippen LogP contribution in [0.25, 0.3) is 0 Å². The van der Waals surface area contributed by atoms with E-state index in [2.05, 4.69) is 43.3 Å². The van der Waals surface area contributed by atoms with E-state index in [1.807, 2.05) is 11.3 Å². The van der Waals surface area contributed by atoms with Crippen LogP contribution in [0.4, 0.5) is 0 Å². The molecule has 0 amide bonds.